The minimum atomic E-state index is -4.02. The number of aryl methyl sites for hydroxylation is 1. The molecule has 20 heavy (non-hydrogen) atoms. The predicted molar refractivity (Wildman–Crippen MR) is 70.9 cm³/mol. The standard InChI is InChI=1S/C12H15FN4O2S/c1-8(10-7-15-17(3)9(10)2)16-20(18,19)12-11(13)5-4-6-14-12/h4-8,16H,1-3H3. The first-order valence-corrected chi connectivity index (χ1v) is 7.42. The van der Waals surface area contributed by atoms with Crippen molar-refractivity contribution in [3.63, 3.8) is 0 Å². The Morgan fingerprint density at radius 1 is 1.45 bits per heavy atom. The smallest absolute Gasteiger partial charge is 0.261 e. The van der Waals surface area contributed by atoms with Gasteiger partial charge in [0.15, 0.2) is 5.82 Å². The molecule has 0 aliphatic heterocycles. The third-order valence-corrected chi connectivity index (χ3v) is 4.52. The first kappa shape index (κ1) is 14.6. The highest BCUT2D eigenvalue weighted by Crippen LogP contribution is 2.19. The van der Waals surface area contributed by atoms with Gasteiger partial charge in [0.25, 0.3) is 10.0 Å². The minimum absolute atomic E-state index is 0.532. The van der Waals surface area contributed by atoms with Crippen molar-refractivity contribution in [1.29, 1.82) is 0 Å². The lowest BCUT2D eigenvalue weighted by Crippen LogP contribution is -2.28. The summed E-state index contributed by atoms with van der Waals surface area (Å²) in [5.41, 5.74) is 1.56. The van der Waals surface area contributed by atoms with Crippen molar-refractivity contribution in [3.8, 4) is 0 Å². The van der Waals surface area contributed by atoms with Gasteiger partial charge in [0.2, 0.25) is 5.03 Å². The van der Waals surface area contributed by atoms with Gasteiger partial charge in [0.05, 0.1) is 6.20 Å². The van der Waals surface area contributed by atoms with Gasteiger partial charge in [0, 0.05) is 30.5 Å². The predicted octanol–water partition coefficient (Wildman–Crippen LogP) is 1.30. The van der Waals surface area contributed by atoms with E-state index in [9.17, 15) is 12.8 Å². The highest BCUT2D eigenvalue weighted by Gasteiger charge is 2.24. The van der Waals surface area contributed by atoms with E-state index in [4.69, 9.17) is 0 Å². The van der Waals surface area contributed by atoms with Gasteiger partial charge in [-0.1, -0.05) is 0 Å². The first-order valence-electron chi connectivity index (χ1n) is 5.94. The van der Waals surface area contributed by atoms with E-state index >= 15 is 0 Å². The molecule has 0 bridgehead atoms. The maximum Gasteiger partial charge on any atom is 0.261 e. The van der Waals surface area contributed by atoms with Crippen LogP contribution in [0.25, 0.3) is 0 Å². The number of hydrogen-bond donors (Lipinski definition) is 1. The summed E-state index contributed by atoms with van der Waals surface area (Å²) in [6.45, 7) is 3.50. The van der Waals surface area contributed by atoms with Crippen molar-refractivity contribution in [2.75, 3.05) is 0 Å². The Labute approximate surface area is 116 Å². The molecule has 0 saturated carbocycles. The van der Waals surface area contributed by atoms with E-state index in [0.29, 0.717) is 0 Å². The number of hydrogen-bond acceptors (Lipinski definition) is 4. The van der Waals surface area contributed by atoms with Crippen LogP contribution in [0.1, 0.15) is 24.2 Å². The summed E-state index contributed by atoms with van der Waals surface area (Å²) in [4.78, 5) is 3.58. The number of aromatic nitrogens is 3. The highest BCUT2D eigenvalue weighted by atomic mass is 32.2. The molecule has 6 nitrogen and oxygen atoms in total. The van der Waals surface area contributed by atoms with Crippen LogP contribution in [0, 0.1) is 12.7 Å². The van der Waals surface area contributed by atoms with Crippen LogP contribution in [0.3, 0.4) is 0 Å². The van der Waals surface area contributed by atoms with Crippen molar-refractivity contribution in [2.45, 2.75) is 24.9 Å². The van der Waals surface area contributed by atoms with Crippen molar-refractivity contribution >= 4 is 10.0 Å². The normalized spacial score (nSPS) is 13.4. The molecular formula is C12H15FN4O2S. The van der Waals surface area contributed by atoms with Gasteiger partial charge < -0.3 is 0 Å². The van der Waals surface area contributed by atoms with Gasteiger partial charge in [-0.3, -0.25) is 4.68 Å². The number of nitrogens with one attached hydrogen (secondary N) is 1. The van der Waals surface area contributed by atoms with Crippen LogP contribution in [0.15, 0.2) is 29.6 Å². The second-order valence-corrected chi connectivity index (χ2v) is 6.07. The molecule has 0 amide bonds. The molecular weight excluding hydrogens is 283 g/mol. The number of sulfonamides is 1. The molecule has 2 rings (SSSR count). The summed E-state index contributed by atoms with van der Waals surface area (Å²) in [6, 6.07) is 1.86. The van der Waals surface area contributed by atoms with Crippen LogP contribution in [0.2, 0.25) is 0 Å². The Morgan fingerprint density at radius 2 is 2.15 bits per heavy atom. The molecule has 1 unspecified atom stereocenters. The number of nitrogens with zero attached hydrogens (tertiary/aromatic N) is 3. The molecule has 0 saturated heterocycles. The molecule has 0 fully saturated rings. The summed E-state index contributed by atoms with van der Waals surface area (Å²) < 4.78 is 41.8. The Hall–Kier alpha value is -1.80. The Morgan fingerprint density at radius 3 is 2.70 bits per heavy atom. The third-order valence-electron chi connectivity index (χ3n) is 3.05. The lowest BCUT2D eigenvalue weighted by molar-refractivity contribution is 0.535. The van der Waals surface area contributed by atoms with Gasteiger partial charge in [-0.25, -0.2) is 22.5 Å². The number of rotatable bonds is 4. The van der Waals surface area contributed by atoms with Crippen LogP contribution in [0.5, 0.6) is 0 Å². The maximum atomic E-state index is 13.5. The van der Waals surface area contributed by atoms with Gasteiger partial charge in [-0.05, 0) is 26.0 Å². The third kappa shape index (κ3) is 2.70. The van der Waals surface area contributed by atoms with Gasteiger partial charge in [0.1, 0.15) is 0 Å². The zero-order valence-electron chi connectivity index (χ0n) is 11.3. The van der Waals surface area contributed by atoms with E-state index in [0.717, 1.165) is 17.3 Å². The van der Waals surface area contributed by atoms with Crippen molar-refractivity contribution < 1.29 is 12.8 Å². The van der Waals surface area contributed by atoms with Crippen LogP contribution in [0.4, 0.5) is 4.39 Å². The molecule has 108 valence electrons. The Kier molecular flexibility index (Phi) is 3.87. The fourth-order valence-corrected chi connectivity index (χ4v) is 3.09. The van der Waals surface area contributed by atoms with E-state index in [-0.39, 0.29) is 0 Å². The quantitative estimate of drug-likeness (QED) is 0.923. The summed E-state index contributed by atoms with van der Waals surface area (Å²) in [7, 11) is -2.26. The molecule has 0 aliphatic carbocycles. The molecule has 0 spiro atoms. The number of pyridine rings is 1. The summed E-state index contributed by atoms with van der Waals surface area (Å²) in [5, 5.41) is 3.45. The second kappa shape index (κ2) is 5.29. The van der Waals surface area contributed by atoms with E-state index in [1.54, 1.807) is 24.9 Å². The SMILES string of the molecule is Cc1c(C(C)NS(=O)(=O)c2ncccc2F)cnn1C. The maximum absolute atomic E-state index is 13.5. The molecule has 1 atom stereocenters. The zero-order chi connectivity index (χ0) is 14.9. The highest BCUT2D eigenvalue weighted by molar-refractivity contribution is 7.89. The van der Waals surface area contributed by atoms with Crippen molar-refractivity contribution in [1.82, 2.24) is 19.5 Å². The van der Waals surface area contributed by atoms with Crippen molar-refractivity contribution in [2.24, 2.45) is 7.05 Å². The van der Waals surface area contributed by atoms with Crippen LogP contribution < -0.4 is 4.72 Å². The number of halogens is 1. The monoisotopic (exact) mass is 298 g/mol. The van der Waals surface area contributed by atoms with E-state index in [1.165, 1.54) is 12.3 Å². The van der Waals surface area contributed by atoms with Crippen molar-refractivity contribution in [3.05, 3.63) is 41.6 Å². The second-order valence-electron chi connectivity index (χ2n) is 4.44. The molecule has 0 radical (unpaired) electrons. The summed E-state index contributed by atoms with van der Waals surface area (Å²) >= 11 is 0. The average molecular weight is 298 g/mol. The van der Waals surface area contributed by atoms with Crippen LogP contribution >= 0.6 is 0 Å². The molecule has 2 aromatic rings. The fourth-order valence-electron chi connectivity index (χ4n) is 1.86. The Balaban J connectivity index is 2.29. The molecule has 2 heterocycles. The minimum Gasteiger partial charge on any atom is -0.273 e. The molecule has 0 aliphatic rings. The first-order chi connectivity index (χ1) is 9.33. The Bertz CT molecular complexity index is 727. The average Bonchev–Trinajstić information content (AvgIpc) is 2.70. The van der Waals surface area contributed by atoms with Crippen LogP contribution in [-0.2, 0) is 17.1 Å². The van der Waals surface area contributed by atoms with Gasteiger partial charge in [-0.15, -0.1) is 0 Å². The topological polar surface area (TPSA) is 76.9 Å². The lowest BCUT2D eigenvalue weighted by Gasteiger charge is -2.13. The zero-order valence-corrected chi connectivity index (χ0v) is 12.1. The van der Waals surface area contributed by atoms with Crippen LogP contribution in [-0.4, -0.2) is 23.2 Å². The summed E-state index contributed by atoms with van der Waals surface area (Å²) in [6.07, 6.45) is 2.81. The van der Waals surface area contributed by atoms with E-state index in [1.807, 2.05) is 6.92 Å². The summed E-state index contributed by atoms with van der Waals surface area (Å²) in [5.74, 6) is -0.880. The largest absolute Gasteiger partial charge is 0.273 e. The molecule has 2 aromatic heterocycles. The van der Waals surface area contributed by atoms with E-state index in [2.05, 4.69) is 14.8 Å². The fraction of sp³-hybridized carbons (Fsp3) is 0.333. The van der Waals surface area contributed by atoms with Gasteiger partial charge in [-0.2, -0.15) is 5.10 Å². The lowest BCUT2D eigenvalue weighted by atomic mass is 10.1. The van der Waals surface area contributed by atoms with Gasteiger partial charge >= 0.3 is 0 Å². The molecule has 1 N–H and O–H groups in total. The molecule has 0 aromatic carbocycles. The van der Waals surface area contributed by atoms with E-state index < -0.39 is 26.9 Å². The molecule has 8 heteroatoms.